The molecule has 0 aliphatic carbocycles. The molecular formula is C22H20O7. The molecule has 150 valence electrons. The van der Waals surface area contributed by atoms with Crippen LogP contribution in [0.3, 0.4) is 0 Å². The number of unbranched alkanes of at least 4 members (excludes halogenated alkanes) is 1. The van der Waals surface area contributed by atoms with E-state index in [1.165, 1.54) is 18.2 Å². The molecule has 1 aromatic heterocycles. The van der Waals surface area contributed by atoms with Crippen LogP contribution in [-0.4, -0.2) is 16.2 Å². The molecule has 2 heterocycles. The predicted molar refractivity (Wildman–Crippen MR) is 105 cm³/mol. The van der Waals surface area contributed by atoms with Gasteiger partial charge in [-0.3, -0.25) is 9.59 Å². The lowest BCUT2D eigenvalue weighted by Crippen LogP contribution is -2.24. The molecule has 4 rings (SSSR count). The normalized spacial score (nSPS) is 14.8. The highest BCUT2D eigenvalue weighted by Crippen LogP contribution is 2.46. The van der Waals surface area contributed by atoms with Crippen LogP contribution in [0.25, 0.3) is 22.1 Å². The lowest BCUT2D eigenvalue weighted by molar-refractivity contribution is -0.168. The van der Waals surface area contributed by atoms with Gasteiger partial charge < -0.3 is 24.1 Å². The monoisotopic (exact) mass is 396 g/mol. The van der Waals surface area contributed by atoms with Gasteiger partial charge in [-0.25, -0.2) is 0 Å². The van der Waals surface area contributed by atoms with E-state index in [2.05, 4.69) is 0 Å². The Morgan fingerprint density at radius 2 is 2.00 bits per heavy atom. The number of hydrogen-bond acceptors (Lipinski definition) is 7. The van der Waals surface area contributed by atoms with Gasteiger partial charge >= 0.3 is 12.3 Å². The fourth-order valence-corrected chi connectivity index (χ4v) is 3.36. The Balaban J connectivity index is 1.94. The van der Waals surface area contributed by atoms with Gasteiger partial charge in [0.15, 0.2) is 17.3 Å². The largest absolute Gasteiger partial charge is 0.508 e. The third-order valence-electron chi connectivity index (χ3n) is 4.91. The molecule has 0 saturated heterocycles. The first-order valence-corrected chi connectivity index (χ1v) is 9.39. The van der Waals surface area contributed by atoms with Crippen LogP contribution >= 0.6 is 0 Å². The summed E-state index contributed by atoms with van der Waals surface area (Å²) in [6.45, 7) is 3.63. The van der Waals surface area contributed by atoms with Crippen LogP contribution in [0, 0.1) is 6.92 Å². The molecule has 0 unspecified atom stereocenters. The average Bonchev–Trinajstić information content (AvgIpc) is 2.69. The van der Waals surface area contributed by atoms with Crippen molar-refractivity contribution in [3.05, 3.63) is 51.9 Å². The first kappa shape index (κ1) is 18.9. The van der Waals surface area contributed by atoms with Crippen LogP contribution in [0.2, 0.25) is 0 Å². The Labute approximate surface area is 166 Å². The van der Waals surface area contributed by atoms with Crippen LogP contribution in [0.4, 0.5) is 0 Å². The van der Waals surface area contributed by atoms with E-state index in [1.54, 1.807) is 19.1 Å². The summed E-state index contributed by atoms with van der Waals surface area (Å²) in [7, 11) is 0. The molecule has 1 aliphatic heterocycles. The van der Waals surface area contributed by atoms with Gasteiger partial charge in [-0.15, -0.1) is 0 Å². The van der Waals surface area contributed by atoms with E-state index >= 15 is 0 Å². The van der Waals surface area contributed by atoms with Crippen molar-refractivity contribution in [3.8, 4) is 28.4 Å². The summed E-state index contributed by atoms with van der Waals surface area (Å²) in [5.74, 6) is -0.628. The second-order valence-corrected chi connectivity index (χ2v) is 7.00. The number of ether oxygens (including phenoxy) is 2. The van der Waals surface area contributed by atoms with E-state index < -0.39 is 12.3 Å². The van der Waals surface area contributed by atoms with E-state index in [0.717, 1.165) is 6.42 Å². The molecule has 2 N–H and O–H groups in total. The second-order valence-electron chi connectivity index (χ2n) is 7.00. The van der Waals surface area contributed by atoms with Gasteiger partial charge in [-0.2, -0.15) is 0 Å². The molecule has 0 bridgehead atoms. The zero-order valence-electron chi connectivity index (χ0n) is 16.0. The summed E-state index contributed by atoms with van der Waals surface area (Å²) in [6, 6.07) is 7.52. The lowest BCUT2D eigenvalue weighted by Gasteiger charge is -2.27. The number of esters is 1. The molecule has 0 radical (unpaired) electrons. The van der Waals surface area contributed by atoms with Gasteiger partial charge in [0.25, 0.3) is 0 Å². The van der Waals surface area contributed by atoms with E-state index in [9.17, 15) is 19.8 Å². The van der Waals surface area contributed by atoms with Crippen molar-refractivity contribution in [3.63, 3.8) is 0 Å². The van der Waals surface area contributed by atoms with Crippen LogP contribution in [-0.2, 0) is 9.53 Å². The number of carbonyl (C=O) groups is 1. The van der Waals surface area contributed by atoms with Crippen LogP contribution in [0.5, 0.6) is 17.2 Å². The SMILES string of the molecule is CCCCC(=O)O[C@@H]1Oc2c(O)cccc2-c2c1oc1cc(O)c(C)cc1c2=O. The molecule has 7 nitrogen and oxygen atoms in total. The summed E-state index contributed by atoms with van der Waals surface area (Å²) < 4.78 is 17.0. The van der Waals surface area contributed by atoms with E-state index in [0.29, 0.717) is 17.5 Å². The topological polar surface area (TPSA) is 106 Å². The number of aryl methyl sites for hydroxylation is 1. The number of hydrogen-bond donors (Lipinski definition) is 2. The number of para-hydroxylation sites is 1. The molecule has 0 spiro atoms. The Morgan fingerprint density at radius 1 is 1.21 bits per heavy atom. The molecule has 0 amide bonds. The number of fused-ring (bicyclic) bond motifs is 4. The van der Waals surface area contributed by atoms with E-state index in [-0.39, 0.29) is 51.4 Å². The summed E-state index contributed by atoms with van der Waals surface area (Å²) in [4.78, 5) is 25.5. The maximum Gasteiger partial charge on any atom is 0.309 e. The summed E-state index contributed by atoms with van der Waals surface area (Å²) in [6.07, 6.45) is 0.335. The molecule has 0 fully saturated rings. The van der Waals surface area contributed by atoms with Gasteiger partial charge in [0.2, 0.25) is 5.43 Å². The minimum atomic E-state index is -1.32. The Kier molecular flexibility index (Phi) is 4.66. The Morgan fingerprint density at radius 3 is 2.76 bits per heavy atom. The highest BCUT2D eigenvalue weighted by molar-refractivity contribution is 5.87. The molecule has 7 heteroatoms. The van der Waals surface area contributed by atoms with Crippen LogP contribution in [0.15, 0.2) is 39.5 Å². The summed E-state index contributed by atoms with van der Waals surface area (Å²) in [5.41, 5.74) is 0.818. The van der Waals surface area contributed by atoms with Gasteiger partial charge in [-0.05, 0) is 31.0 Å². The number of rotatable bonds is 4. The number of aromatic hydroxyl groups is 2. The highest BCUT2D eigenvalue weighted by atomic mass is 16.7. The minimum absolute atomic E-state index is 0.0214. The average molecular weight is 396 g/mol. The summed E-state index contributed by atoms with van der Waals surface area (Å²) >= 11 is 0. The van der Waals surface area contributed by atoms with Crippen molar-refractivity contribution in [1.29, 1.82) is 0 Å². The van der Waals surface area contributed by atoms with Crippen molar-refractivity contribution < 1.29 is 28.9 Å². The third-order valence-corrected chi connectivity index (χ3v) is 4.91. The fourth-order valence-electron chi connectivity index (χ4n) is 3.36. The zero-order chi connectivity index (χ0) is 20.7. The molecular weight excluding hydrogens is 376 g/mol. The molecule has 1 atom stereocenters. The van der Waals surface area contributed by atoms with Crippen molar-refractivity contribution in [2.45, 2.75) is 39.4 Å². The number of phenols is 2. The fraction of sp³-hybridized carbons (Fsp3) is 0.273. The zero-order valence-corrected chi connectivity index (χ0v) is 16.0. The third kappa shape index (κ3) is 3.18. The number of benzene rings is 2. The van der Waals surface area contributed by atoms with Gasteiger partial charge in [0.1, 0.15) is 11.3 Å². The summed E-state index contributed by atoms with van der Waals surface area (Å²) in [5, 5.41) is 20.5. The minimum Gasteiger partial charge on any atom is -0.508 e. The first-order chi connectivity index (χ1) is 13.9. The quantitative estimate of drug-likeness (QED) is 0.633. The molecule has 0 saturated carbocycles. The lowest BCUT2D eigenvalue weighted by atomic mass is 9.97. The van der Waals surface area contributed by atoms with Gasteiger partial charge in [-0.1, -0.05) is 25.5 Å². The Hall–Kier alpha value is -3.48. The Bertz CT molecular complexity index is 1180. The van der Waals surface area contributed by atoms with E-state index in [1.807, 2.05) is 6.92 Å². The molecule has 29 heavy (non-hydrogen) atoms. The maximum absolute atomic E-state index is 13.3. The van der Waals surface area contributed by atoms with Crippen molar-refractivity contribution in [2.75, 3.05) is 0 Å². The molecule has 3 aromatic rings. The van der Waals surface area contributed by atoms with Crippen molar-refractivity contribution >= 4 is 16.9 Å². The second kappa shape index (κ2) is 7.16. The van der Waals surface area contributed by atoms with Crippen LogP contribution in [0.1, 0.15) is 43.8 Å². The number of phenolic OH excluding ortho intramolecular Hbond substituents is 2. The number of carbonyl (C=O) groups excluding carboxylic acids is 1. The maximum atomic E-state index is 13.3. The van der Waals surface area contributed by atoms with Crippen molar-refractivity contribution in [1.82, 2.24) is 0 Å². The molecule has 1 aliphatic rings. The van der Waals surface area contributed by atoms with Crippen molar-refractivity contribution in [2.24, 2.45) is 0 Å². The van der Waals surface area contributed by atoms with Crippen LogP contribution < -0.4 is 10.2 Å². The smallest absolute Gasteiger partial charge is 0.309 e. The molecule has 2 aromatic carbocycles. The van der Waals surface area contributed by atoms with E-state index in [4.69, 9.17) is 13.9 Å². The highest BCUT2D eigenvalue weighted by Gasteiger charge is 2.36. The van der Waals surface area contributed by atoms with Gasteiger partial charge in [0, 0.05) is 18.1 Å². The predicted octanol–water partition coefficient (Wildman–Crippen LogP) is 4.30. The first-order valence-electron chi connectivity index (χ1n) is 9.39. The van der Waals surface area contributed by atoms with Gasteiger partial charge in [0.05, 0.1) is 10.9 Å². The standard InChI is InChI=1S/C22H20O7/c1-3-4-8-17(25)28-22-21-18(12-6-5-7-14(23)20(12)29-22)19(26)13-9-11(2)15(24)10-16(13)27-21/h5-7,9-10,22-24H,3-4,8H2,1-2H3/t22-/m1/s1.